The summed E-state index contributed by atoms with van der Waals surface area (Å²) in [5.41, 5.74) is 12.9. The number of fused-ring (bicyclic) bond motifs is 6. The Balaban J connectivity index is 1.01. The van der Waals surface area contributed by atoms with Crippen LogP contribution in [-0.4, -0.2) is 0 Å². The van der Waals surface area contributed by atoms with Crippen LogP contribution in [0.2, 0.25) is 0 Å². The Morgan fingerprint density at radius 3 is 1.53 bits per heavy atom. The molecule has 1 heteroatoms. The minimum atomic E-state index is 1.10. The summed E-state index contributed by atoms with van der Waals surface area (Å²) >= 11 is 0. The number of para-hydroxylation sites is 1. The van der Waals surface area contributed by atoms with E-state index in [1.165, 1.54) is 82.0 Å². The van der Waals surface area contributed by atoms with Crippen molar-refractivity contribution in [2.75, 3.05) is 4.90 Å². The van der Waals surface area contributed by atoms with E-state index in [0.717, 1.165) is 22.6 Å². The molecular weight excluding hydrogens is 711 g/mol. The van der Waals surface area contributed by atoms with Crippen LogP contribution in [0.4, 0.5) is 17.1 Å². The lowest BCUT2D eigenvalue weighted by Crippen LogP contribution is -2.11. The Hall–Kier alpha value is -7.74. The molecule has 0 atom stereocenters. The second kappa shape index (κ2) is 14.6. The van der Waals surface area contributed by atoms with Crippen LogP contribution in [0.3, 0.4) is 0 Å². The van der Waals surface area contributed by atoms with Crippen molar-refractivity contribution >= 4 is 60.2 Å². The first-order chi connectivity index (χ1) is 29.3. The molecule has 59 heavy (non-hydrogen) atoms. The molecule has 1 nitrogen and oxygen atoms in total. The Labute approximate surface area is 344 Å². The van der Waals surface area contributed by atoms with E-state index in [9.17, 15) is 0 Å². The first-order valence-electron chi connectivity index (χ1n) is 20.3. The summed E-state index contributed by atoms with van der Waals surface area (Å²) < 4.78 is 0. The van der Waals surface area contributed by atoms with Crippen LogP contribution in [0.1, 0.15) is 0 Å². The van der Waals surface area contributed by atoms with Crippen LogP contribution < -0.4 is 4.90 Å². The third-order valence-corrected chi connectivity index (χ3v) is 11.8. The van der Waals surface area contributed by atoms with Crippen LogP contribution in [-0.2, 0) is 0 Å². The summed E-state index contributed by atoms with van der Waals surface area (Å²) in [6.45, 7) is 0. The third kappa shape index (κ3) is 6.21. The maximum Gasteiger partial charge on any atom is 0.0540 e. The summed E-state index contributed by atoms with van der Waals surface area (Å²) in [4.78, 5) is 2.40. The standard InChI is InChI=1S/C58H39N/c1-2-13-42(14-3-1)53-22-8-9-26-56(53)59(49-37-35-44(36-38-49)52-24-11-17-41-15-4-6-21-51(41)52)50-20-10-19-48(39-50)40-27-29-45(30-28-40)55-25-12-18-46-33-34-47-32-31-43-16-5-7-23-54(43)58(47)57(46)55/h1-39H. The van der Waals surface area contributed by atoms with E-state index in [2.05, 4.69) is 241 Å². The van der Waals surface area contributed by atoms with Gasteiger partial charge in [-0.25, -0.2) is 0 Å². The average Bonchev–Trinajstić information content (AvgIpc) is 3.32. The number of rotatable bonds is 7. The molecule has 0 aliphatic heterocycles. The van der Waals surface area contributed by atoms with E-state index in [4.69, 9.17) is 0 Å². The normalized spacial score (nSPS) is 11.4. The van der Waals surface area contributed by atoms with E-state index >= 15 is 0 Å². The minimum Gasteiger partial charge on any atom is -0.310 e. The topological polar surface area (TPSA) is 3.24 Å². The van der Waals surface area contributed by atoms with E-state index < -0.39 is 0 Å². The molecule has 0 bridgehead atoms. The zero-order valence-corrected chi connectivity index (χ0v) is 32.5. The van der Waals surface area contributed by atoms with Gasteiger partial charge in [0.05, 0.1) is 5.69 Å². The molecule has 0 aromatic heterocycles. The van der Waals surface area contributed by atoms with Gasteiger partial charge >= 0.3 is 0 Å². The van der Waals surface area contributed by atoms with Crippen molar-refractivity contribution in [3.05, 3.63) is 237 Å². The van der Waals surface area contributed by atoms with Crippen molar-refractivity contribution in [3.63, 3.8) is 0 Å². The van der Waals surface area contributed by atoms with Crippen LogP contribution in [0.5, 0.6) is 0 Å². The van der Waals surface area contributed by atoms with Gasteiger partial charge in [-0.15, -0.1) is 0 Å². The van der Waals surface area contributed by atoms with E-state index in [1.54, 1.807) is 0 Å². The molecule has 0 N–H and O–H groups in total. The highest BCUT2D eigenvalue weighted by molar-refractivity contribution is 6.24. The molecule has 11 rings (SSSR count). The predicted molar refractivity (Wildman–Crippen MR) is 253 cm³/mol. The summed E-state index contributed by atoms with van der Waals surface area (Å²) in [7, 11) is 0. The Bertz CT molecular complexity index is 3300. The molecule has 11 aromatic rings. The average molecular weight is 750 g/mol. The van der Waals surface area contributed by atoms with E-state index in [1.807, 2.05) is 0 Å². The monoisotopic (exact) mass is 749 g/mol. The molecule has 0 spiro atoms. The maximum atomic E-state index is 2.40. The van der Waals surface area contributed by atoms with Crippen LogP contribution in [0.25, 0.3) is 87.6 Å². The maximum absolute atomic E-state index is 2.40. The second-order valence-corrected chi connectivity index (χ2v) is 15.3. The van der Waals surface area contributed by atoms with Crippen molar-refractivity contribution in [2.24, 2.45) is 0 Å². The molecule has 0 amide bonds. The lowest BCUT2D eigenvalue weighted by molar-refractivity contribution is 1.28. The molecule has 276 valence electrons. The molecule has 0 aliphatic rings. The summed E-state index contributed by atoms with van der Waals surface area (Å²) in [6.07, 6.45) is 0. The van der Waals surface area contributed by atoms with Gasteiger partial charge in [0.15, 0.2) is 0 Å². The predicted octanol–water partition coefficient (Wildman–Crippen LogP) is 16.4. The zero-order chi connectivity index (χ0) is 39.1. The number of anilines is 3. The number of benzene rings is 11. The fourth-order valence-electron chi connectivity index (χ4n) is 9.01. The van der Waals surface area contributed by atoms with Gasteiger partial charge < -0.3 is 4.90 Å². The van der Waals surface area contributed by atoms with Crippen molar-refractivity contribution in [2.45, 2.75) is 0 Å². The van der Waals surface area contributed by atoms with Gasteiger partial charge in [0.25, 0.3) is 0 Å². The van der Waals surface area contributed by atoms with Crippen molar-refractivity contribution in [1.82, 2.24) is 0 Å². The quantitative estimate of drug-likeness (QED) is 0.147. The van der Waals surface area contributed by atoms with Crippen molar-refractivity contribution in [1.29, 1.82) is 0 Å². The molecule has 0 radical (unpaired) electrons. The molecule has 0 fully saturated rings. The van der Waals surface area contributed by atoms with Gasteiger partial charge in [-0.2, -0.15) is 0 Å². The molecule has 0 heterocycles. The van der Waals surface area contributed by atoms with Gasteiger partial charge in [-0.05, 0) is 112 Å². The largest absolute Gasteiger partial charge is 0.310 e. The number of hydrogen-bond donors (Lipinski definition) is 0. The van der Waals surface area contributed by atoms with Gasteiger partial charge in [0.2, 0.25) is 0 Å². The molecule has 11 aromatic carbocycles. The second-order valence-electron chi connectivity index (χ2n) is 15.3. The Kier molecular flexibility index (Phi) is 8.56. The highest BCUT2D eigenvalue weighted by atomic mass is 15.1. The SMILES string of the molecule is c1ccc(-c2ccccc2N(c2ccc(-c3cccc4ccccc34)cc2)c2cccc(-c3ccc(-c4cccc5ccc6ccc7ccccc7c6c45)cc3)c2)cc1. The molecule has 0 saturated carbocycles. The van der Waals surface area contributed by atoms with E-state index in [-0.39, 0.29) is 0 Å². The van der Waals surface area contributed by atoms with Crippen LogP contribution in [0.15, 0.2) is 237 Å². The summed E-state index contributed by atoms with van der Waals surface area (Å²) in [5, 5.41) is 10.2. The van der Waals surface area contributed by atoms with Gasteiger partial charge in [-0.3, -0.25) is 0 Å². The van der Waals surface area contributed by atoms with Crippen LogP contribution >= 0.6 is 0 Å². The highest BCUT2D eigenvalue weighted by Gasteiger charge is 2.19. The van der Waals surface area contributed by atoms with Gasteiger partial charge in [0.1, 0.15) is 0 Å². The van der Waals surface area contributed by atoms with Crippen molar-refractivity contribution < 1.29 is 0 Å². The molecule has 0 unspecified atom stereocenters. The number of hydrogen-bond acceptors (Lipinski definition) is 1. The lowest BCUT2D eigenvalue weighted by atomic mass is 9.90. The summed E-state index contributed by atoms with van der Waals surface area (Å²) in [6, 6.07) is 86.2. The minimum absolute atomic E-state index is 1.10. The lowest BCUT2D eigenvalue weighted by Gasteiger charge is -2.28. The van der Waals surface area contributed by atoms with Gasteiger partial charge in [0, 0.05) is 16.9 Å². The van der Waals surface area contributed by atoms with E-state index in [0.29, 0.717) is 0 Å². The molecule has 0 saturated heterocycles. The first-order valence-corrected chi connectivity index (χ1v) is 20.3. The molecular formula is C58H39N. The number of nitrogens with zero attached hydrogens (tertiary/aromatic N) is 1. The molecule has 0 aliphatic carbocycles. The fraction of sp³-hybridized carbons (Fsp3) is 0. The Morgan fingerprint density at radius 1 is 0.237 bits per heavy atom. The summed E-state index contributed by atoms with van der Waals surface area (Å²) in [5.74, 6) is 0. The highest BCUT2D eigenvalue weighted by Crippen LogP contribution is 2.43. The van der Waals surface area contributed by atoms with Crippen LogP contribution in [0, 0.1) is 0 Å². The third-order valence-electron chi connectivity index (χ3n) is 11.8. The van der Waals surface area contributed by atoms with Crippen molar-refractivity contribution in [3.8, 4) is 44.5 Å². The van der Waals surface area contributed by atoms with Gasteiger partial charge in [-0.1, -0.05) is 206 Å². The smallest absolute Gasteiger partial charge is 0.0540 e. The Morgan fingerprint density at radius 2 is 0.729 bits per heavy atom. The fourth-order valence-corrected chi connectivity index (χ4v) is 9.01. The first kappa shape index (κ1) is 34.5. The zero-order valence-electron chi connectivity index (χ0n) is 32.5.